The van der Waals surface area contributed by atoms with E-state index in [9.17, 15) is 35.9 Å². The molecule has 0 rings (SSSR count). The van der Waals surface area contributed by atoms with Gasteiger partial charge in [-0.05, 0) is 0 Å². The summed E-state index contributed by atoms with van der Waals surface area (Å²) in [5.41, 5.74) is 0. The first kappa shape index (κ1) is 17.3. The maximum absolute atomic E-state index is 11.9. The van der Waals surface area contributed by atoms with Crippen LogP contribution in [0.5, 0.6) is 0 Å². The molecule has 0 aromatic carbocycles. The molecule has 0 saturated carbocycles. The van der Waals surface area contributed by atoms with Crippen molar-refractivity contribution in [2.45, 2.75) is 28.7 Å². The van der Waals surface area contributed by atoms with Crippen molar-refractivity contribution in [3.8, 4) is 0 Å². The Balaban J connectivity index is 4.84. The summed E-state index contributed by atoms with van der Waals surface area (Å²) in [6.45, 7) is 1.17. The van der Waals surface area contributed by atoms with E-state index < -0.39 is 43.5 Å². The fraction of sp³-hybridized carbons (Fsp3) is 0.714. The molecule has 0 atom stereocenters. The van der Waals surface area contributed by atoms with Crippen molar-refractivity contribution >= 4 is 31.1 Å². The molecule has 0 aliphatic rings. The van der Waals surface area contributed by atoms with Crippen molar-refractivity contribution in [3.63, 3.8) is 0 Å². The molecule has 0 amide bonds. The van der Waals surface area contributed by atoms with Crippen LogP contribution >= 0.6 is 0 Å². The molecule has 0 bridgehead atoms. The summed E-state index contributed by atoms with van der Waals surface area (Å²) in [5.74, 6) is -5.31. The Morgan fingerprint density at radius 1 is 0.944 bits per heavy atom. The first-order valence-electron chi connectivity index (χ1n) is 4.42. The number of rotatable bonds is 3. The molecule has 0 aliphatic heterocycles. The molecular formula is C7H8F6O4Sn. The van der Waals surface area contributed by atoms with Crippen molar-refractivity contribution in [2.24, 2.45) is 0 Å². The van der Waals surface area contributed by atoms with Crippen LogP contribution < -0.4 is 0 Å². The quantitative estimate of drug-likeness (QED) is 0.550. The molecule has 0 aliphatic carbocycles. The normalized spacial score (nSPS) is 13.1. The van der Waals surface area contributed by atoms with E-state index in [4.69, 9.17) is 0 Å². The van der Waals surface area contributed by atoms with Gasteiger partial charge >= 0.3 is 102 Å². The minimum absolute atomic E-state index is 0.377. The van der Waals surface area contributed by atoms with E-state index in [0.717, 1.165) is 4.94 Å². The van der Waals surface area contributed by atoms with Gasteiger partial charge in [-0.25, -0.2) is 0 Å². The minimum atomic E-state index is -5.35. The number of carbonyl (C=O) groups excluding carboxylic acids is 2. The van der Waals surface area contributed by atoms with E-state index in [1.807, 2.05) is 0 Å². The van der Waals surface area contributed by atoms with Crippen LogP contribution in [0.1, 0.15) is 6.92 Å². The van der Waals surface area contributed by atoms with Gasteiger partial charge in [0.1, 0.15) is 0 Å². The molecule has 0 unspecified atom stereocenters. The van der Waals surface area contributed by atoms with E-state index in [1.54, 1.807) is 0 Å². The Morgan fingerprint density at radius 3 is 1.39 bits per heavy atom. The second-order valence-corrected chi connectivity index (χ2v) is 12.9. The monoisotopic (exact) mass is 390 g/mol. The Bertz CT molecular complexity index is 308. The molecular weight excluding hydrogens is 381 g/mol. The van der Waals surface area contributed by atoms with Crippen LogP contribution in [0, 0.1) is 0 Å². The summed E-state index contributed by atoms with van der Waals surface area (Å²) in [6.07, 6.45) is -10.7. The molecule has 0 saturated heterocycles. The molecule has 4 nitrogen and oxygen atoms in total. The van der Waals surface area contributed by atoms with Crippen molar-refractivity contribution in [1.82, 2.24) is 0 Å². The van der Waals surface area contributed by atoms with Crippen molar-refractivity contribution < 1.29 is 42.1 Å². The number of halogens is 6. The van der Waals surface area contributed by atoms with Gasteiger partial charge in [-0.3, -0.25) is 0 Å². The van der Waals surface area contributed by atoms with E-state index in [1.165, 1.54) is 6.92 Å². The Hall–Kier alpha value is -0.681. The zero-order valence-corrected chi connectivity index (χ0v) is 12.0. The average molecular weight is 389 g/mol. The molecule has 0 aromatic rings. The van der Waals surface area contributed by atoms with Gasteiger partial charge in [0.2, 0.25) is 0 Å². The molecule has 0 fully saturated rings. The van der Waals surface area contributed by atoms with Crippen LogP contribution in [-0.4, -0.2) is 43.5 Å². The first-order valence-corrected chi connectivity index (χ1v) is 11.6. The Morgan fingerprint density at radius 2 is 1.22 bits per heavy atom. The Kier molecular flexibility index (Phi) is 5.32. The summed E-state index contributed by atoms with van der Waals surface area (Å²) in [7, 11) is 0. The number of hydrogen-bond acceptors (Lipinski definition) is 4. The van der Waals surface area contributed by atoms with E-state index in [0.29, 0.717) is 0 Å². The van der Waals surface area contributed by atoms with Gasteiger partial charge in [-0.2, -0.15) is 0 Å². The molecule has 0 N–H and O–H groups in total. The topological polar surface area (TPSA) is 52.6 Å². The second-order valence-electron chi connectivity index (χ2n) is 3.26. The van der Waals surface area contributed by atoms with E-state index >= 15 is 0 Å². The molecule has 0 aromatic heterocycles. The zero-order chi connectivity index (χ0) is 14.8. The van der Waals surface area contributed by atoms with E-state index in [2.05, 4.69) is 6.15 Å². The molecule has 18 heavy (non-hydrogen) atoms. The predicted octanol–water partition coefficient (Wildman–Crippen LogP) is 2.29. The summed E-state index contributed by atoms with van der Waals surface area (Å²) in [6, 6.07) is 0. The van der Waals surface area contributed by atoms with Crippen LogP contribution in [0.3, 0.4) is 0 Å². The van der Waals surface area contributed by atoms with Gasteiger partial charge in [0, 0.05) is 0 Å². The third-order valence-corrected chi connectivity index (χ3v) is 8.91. The fourth-order valence-corrected chi connectivity index (χ4v) is 4.52. The van der Waals surface area contributed by atoms with Crippen LogP contribution in [0.4, 0.5) is 26.3 Å². The predicted molar refractivity (Wildman–Crippen MR) is 46.4 cm³/mol. The van der Waals surface area contributed by atoms with Crippen molar-refractivity contribution in [2.75, 3.05) is 0 Å². The van der Waals surface area contributed by atoms with Gasteiger partial charge in [-0.1, -0.05) is 0 Å². The van der Waals surface area contributed by atoms with Gasteiger partial charge in [0.05, 0.1) is 0 Å². The van der Waals surface area contributed by atoms with Crippen LogP contribution in [0.25, 0.3) is 0 Å². The molecule has 0 radical (unpaired) electrons. The second kappa shape index (κ2) is 5.53. The number of carbonyl (C=O) groups is 2. The van der Waals surface area contributed by atoms with Crippen LogP contribution in [-0.2, 0) is 15.7 Å². The SMILES string of the molecule is C[CH2][Sn]([CH3])([O]C(=O)C(F)(F)F)[O]C(=O)C(F)(F)F. The van der Waals surface area contributed by atoms with Crippen LogP contribution in [0.2, 0.25) is 9.38 Å². The molecule has 0 spiro atoms. The average Bonchev–Trinajstić information content (AvgIpc) is 2.14. The number of alkyl halides is 6. The van der Waals surface area contributed by atoms with Crippen molar-refractivity contribution in [3.05, 3.63) is 0 Å². The molecule has 0 heterocycles. The van der Waals surface area contributed by atoms with E-state index in [-0.39, 0.29) is 4.44 Å². The summed E-state index contributed by atoms with van der Waals surface area (Å²) in [5, 5.41) is 0. The summed E-state index contributed by atoms with van der Waals surface area (Å²) < 4.78 is 78.8. The fourth-order valence-electron chi connectivity index (χ4n) is 0.673. The van der Waals surface area contributed by atoms with Gasteiger partial charge in [0.25, 0.3) is 0 Å². The van der Waals surface area contributed by atoms with Gasteiger partial charge in [0.15, 0.2) is 0 Å². The molecule has 11 heteroatoms. The molecule has 106 valence electrons. The zero-order valence-electron chi connectivity index (χ0n) is 9.11. The maximum atomic E-state index is 11.9. The van der Waals surface area contributed by atoms with Crippen molar-refractivity contribution in [1.29, 1.82) is 0 Å². The summed E-state index contributed by atoms with van der Waals surface area (Å²) in [4.78, 5) is 21.8. The number of hydrogen-bond donors (Lipinski definition) is 0. The standard InChI is InChI=1S/2C2HF3O2.C2H5.CH3.Sn/c2*3-2(4,5)1(6)7;1-2;;/h2*(H,6,7);1H2,2H3;1H3;/q;;;;+2/p-2. The summed E-state index contributed by atoms with van der Waals surface area (Å²) >= 11 is -5.01. The van der Waals surface area contributed by atoms with Gasteiger partial charge < -0.3 is 0 Å². The third kappa shape index (κ3) is 5.31. The third-order valence-electron chi connectivity index (χ3n) is 1.72. The van der Waals surface area contributed by atoms with Crippen LogP contribution in [0.15, 0.2) is 0 Å². The Labute approximate surface area is 102 Å². The first-order chi connectivity index (χ1) is 7.82. The van der Waals surface area contributed by atoms with Gasteiger partial charge in [-0.15, -0.1) is 0 Å².